The van der Waals surface area contributed by atoms with Crippen LogP contribution >= 0.6 is 0 Å². The molecule has 0 N–H and O–H groups in total. The minimum atomic E-state index is -4.53. The van der Waals surface area contributed by atoms with Crippen molar-refractivity contribution >= 4 is 8.32 Å². The number of nitrogens with zero attached hydrogens (tertiary/aromatic N) is 2. The van der Waals surface area contributed by atoms with Gasteiger partial charge in [-0.2, -0.15) is 13.2 Å². The molecule has 20 heavy (non-hydrogen) atoms. The van der Waals surface area contributed by atoms with E-state index < -0.39 is 20.3 Å². The summed E-state index contributed by atoms with van der Waals surface area (Å²) in [6.07, 6.45) is -3.40. The Kier molecular flexibility index (Phi) is 3.64. The molecule has 0 aliphatic rings. The summed E-state index contributed by atoms with van der Waals surface area (Å²) in [5.74, 6) is -0.848. The van der Waals surface area contributed by atoms with Crippen LogP contribution in [0, 0.1) is 0 Å². The van der Waals surface area contributed by atoms with Crippen LogP contribution in [-0.4, -0.2) is 17.9 Å². The first kappa shape index (κ1) is 14.6. The molecule has 0 aliphatic heterocycles. The molecule has 0 unspecified atom stereocenters. The van der Waals surface area contributed by atoms with E-state index in [1.165, 1.54) is 0 Å². The van der Waals surface area contributed by atoms with E-state index in [4.69, 9.17) is 4.43 Å². The second-order valence-electron chi connectivity index (χ2n) is 5.30. The van der Waals surface area contributed by atoms with Gasteiger partial charge in [-0.15, -0.1) is 0 Å². The van der Waals surface area contributed by atoms with E-state index in [1.807, 2.05) is 19.6 Å². The number of hydrogen-bond donors (Lipinski definition) is 0. The lowest BCUT2D eigenvalue weighted by atomic mass is 10.3. The number of imidazole rings is 1. The van der Waals surface area contributed by atoms with Gasteiger partial charge in [0.15, 0.2) is 0 Å². The summed E-state index contributed by atoms with van der Waals surface area (Å²) in [7, 11) is -2.04. The molecule has 2 rings (SSSR count). The Morgan fingerprint density at radius 2 is 1.70 bits per heavy atom. The van der Waals surface area contributed by atoms with Gasteiger partial charge in [0.2, 0.25) is 20.0 Å². The van der Waals surface area contributed by atoms with E-state index in [-0.39, 0.29) is 5.88 Å². The fourth-order valence-corrected chi connectivity index (χ4v) is 2.52. The molecule has 0 atom stereocenters. The number of alkyl halides is 3. The van der Waals surface area contributed by atoms with E-state index in [9.17, 15) is 13.2 Å². The summed E-state index contributed by atoms with van der Waals surface area (Å²) >= 11 is 0. The van der Waals surface area contributed by atoms with Gasteiger partial charge in [0.1, 0.15) is 0 Å². The molecule has 108 valence electrons. The fraction of sp³-hybridized carbons (Fsp3) is 0.308. The zero-order valence-corrected chi connectivity index (χ0v) is 12.4. The maximum Gasteiger partial charge on any atom is 0.450 e. The van der Waals surface area contributed by atoms with Crippen molar-refractivity contribution in [1.29, 1.82) is 0 Å². The van der Waals surface area contributed by atoms with Gasteiger partial charge in [0, 0.05) is 0 Å². The van der Waals surface area contributed by atoms with Crippen molar-refractivity contribution in [2.45, 2.75) is 25.8 Å². The molecule has 0 radical (unpaired) electrons. The third kappa shape index (κ3) is 3.22. The lowest BCUT2D eigenvalue weighted by Gasteiger charge is -2.21. The average Bonchev–Trinajstić information content (AvgIpc) is 2.71. The molecule has 1 aromatic heterocycles. The van der Waals surface area contributed by atoms with Gasteiger partial charge in [0.25, 0.3) is 0 Å². The Morgan fingerprint density at radius 1 is 1.10 bits per heavy atom. The quantitative estimate of drug-likeness (QED) is 0.798. The van der Waals surface area contributed by atoms with Gasteiger partial charge in [-0.05, 0) is 31.8 Å². The fourth-order valence-electron chi connectivity index (χ4n) is 1.75. The van der Waals surface area contributed by atoms with Crippen molar-refractivity contribution in [2.24, 2.45) is 0 Å². The standard InChI is InChI=1S/C13H15F3N2OSi/c1-20(2,3)19-11-9-17-12(13(14,15)16)18(11)10-7-5-4-6-8-10/h4-9H,1-3H3. The first-order valence-corrected chi connectivity index (χ1v) is 9.49. The summed E-state index contributed by atoms with van der Waals surface area (Å²) in [4.78, 5) is 3.48. The Labute approximate surface area is 116 Å². The van der Waals surface area contributed by atoms with Crippen LogP contribution in [-0.2, 0) is 6.18 Å². The molecule has 2 aromatic rings. The second kappa shape index (κ2) is 4.97. The van der Waals surface area contributed by atoms with Crippen LogP contribution in [0.5, 0.6) is 5.88 Å². The van der Waals surface area contributed by atoms with Crippen molar-refractivity contribution in [3.05, 3.63) is 42.4 Å². The number of hydrogen-bond acceptors (Lipinski definition) is 2. The van der Waals surface area contributed by atoms with Crippen molar-refractivity contribution in [2.75, 3.05) is 0 Å². The molecule has 0 saturated carbocycles. The third-order valence-electron chi connectivity index (χ3n) is 2.41. The Balaban J connectivity index is 2.58. The molecule has 7 heteroatoms. The summed E-state index contributed by atoms with van der Waals surface area (Å²) < 4.78 is 45.9. The molecule has 1 heterocycles. The predicted octanol–water partition coefficient (Wildman–Crippen LogP) is 4.10. The molecular weight excluding hydrogens is 285 g/mol. The molecule has 0 spiro atoms. The first-order chi connectivity index (χ1) is 9.18. The van der Waals surface area contributed by atoms with E-state index >= 15 is 0 Å². The van der Waals surface area contributed by atoms with Crippen LogP contribution in [0.2, 0.25) is 19.6 Å². The molecule has 1 aromatic carbocycles. The van der Waals surface area contributed by atoms with Gasteiger partial charge in [-0.25, -0.2) is 4.98 Å². The largest absolute Gasteiger partial charge is 0.531 e. The Morgan fingerprint density at radius 3 is 2.20 bits per heavy atom. The summed E-state index contributed by atoms with van der Waals surface area (Å²) in [5, 5.41) is 0. The molecule has 0 bridgehead atoms. The highest BCUT2D eigenvalue weighted by molar-refractivity contribution is 6.70. The molecule has 3 nitrogen and oxygen atoms in total. The highest BCUT2D eigenvalue weighted by atomic mass is 28.4. The predicted molar refractivity (Wildman–Crippen MR) is 72.5 cm³/mol. The maximum absolute atomic E-state index is 13.1. The first-order valence-electron chi connectivity index (χ1n) is 6.08. The van der Waals surface area contributed by atoms with Crippen molar-refractivity contribution in [3.8, 4) is 11.6 Å². The topological polar surface area (TPSA) is 27.1 Å². The smallest absolute Gasteiger partial charge is 0.450 e. The highest BCUT2D eigenvalue weighted by Crippen LogP contribution is 2.34. The van der Waals surface area contributed by atoms with Gasteiger partial charge >= 0.3 is 6.18 Å². The van der Waals surface area contributed by atoms with Crippen LogP contribution in [0.15, 0.2) is 36.5 Å². The van der Waals surface area contributed by atoms with Crippen molar-refractivity contribution in [3.63, 3.8) is 0 Å². The van der Waals surface area contributed by atoms with Gasteiger partial charge in [-0.1, -0.05) is 18.2 Å². The zero-order valence-electron chi connectivity index (χ0n) is 11.4. The van der Waals surface area contributed by atoms with E-state index in [1.54, 1.807) is 30.3 Å². The zero-order chi connectivity index (χ0) is 15.0. The number of rotatable bonds is 3. The van der Waals surface area contributed by atoms with Gasteiger partial charge in [-0.3, -0.25) is 4.57 Å². The average molecular weight is 300 g/mol. The molecule has 0 saturated heterocycles. The lowest BCUT2D eigenvalue weighted by molar-refractivity contribution is -0.146. The Bertz CT molecular complexity index is 588. The molecule has 0 amide bonds. The number of para-hydroxylation sites is 1. The number of halogens is 3. The normalized spacial score (nSPS) is 12.5. The van der Waals surface area contributed by atoms with E-state index in [2.05, 4.69) is 4.98 Å². The van der Waals surface area contributed by atoms with Crippen LogP contribution in [0.4, 0.5) is 13.2 Å². The van der Waals surface area contributed by atoms with Crippen LogP contribution < -0.4 is 4.43 Å². The number of benzene rings is 1. The second-order valence-corrected chi connectivity index (χ2v) is 9.73. The minimum absolute atomic E-state index is 0.127. The summed E-state index contributed by atoms with van der Waals surface area (Å²) in [5.41, 5.74) is 0.380. The van der Waals surface area contributed by atoms with E-state index in [0.29, 0.717) is 5.69 Å². The van der Waals surface area contributed by atoms with Gasteiger partial charge in [0.05, 0.1) is 11.9 Å². The molecule has 0 aliphatic carbocycles. The van der Waals surface area contributed by atoms with Crippen LogP contribution in [0.3, 0.4) is 0 Å². The van der Waals surface area contributed by atoms with Crippen LogP contribution in [0.1, 0.15) is 5.82 Å². The molecule has 0 fully saturated rings. The van der Waals surface area contributed by atoms with Crippen LogP contribution in [0.25, 0.3) is 5.69 Å². The Hall–Kier alpha value is -1.76. The van der Waals surface area contributed by atoms with Gasteiger partial charge < -0.3 is 4.43 Å². The summed E-state index contributed by atoms with van der Waals surface area (Å²) in [6.45, 7) is 5.72. The minimum Gasteiger partial charge on any atom is -0.531 e. The monoisotopic (exact) mass is 300 g/mol. The number of aromatic nitrogens is 2. The van der Waals surface area contributed by atoms with Crippen molar-refractivity contribution < 1.29 is 17.6 Å². The maximum atomic E-state index is 13.1. The third-order valence-corrected chi connectivity index (χ3v) is 3.23. The highest BCUT2D eigenvalue weighted by Gasteiger charge is 2.38. The lowest BCUT2D eigenvalue weighted by Crippen LogP contribution is -2.30. The summed E-state index contributed by atoms with van der Waals surface area (Å²) in [6, 6.07) is 8.27. The SMILES string of the molecule is C[Si](C)(C)Oc1cnc(C(F)(F)F)n1-c1ccccc1. The van der Waals surface area contributed by atoms with E-state index in [0.717, 1.165) is 10.8 Å². The molecular formula is C13H15F3N2OSi. The van der Waals surface area contributed by atoms with Crippen molar-refractivity contribution in [1.82, 2.24) is 9.55 Å².